The fourth-order valence-corrected chi connectivity index (χ4v) is 1.53. The number of nitrogens with one attached hydrogen (secondary N) is 1. The van der Waals surface area contributed by atoms with E-state index < -0.39 is 0 Å². The predicted octanol–water partition coefficient (Wildman–Crippen LogP) is 1.69. The molecule has 1 aromatic carbocycles. The number of aliphatic hydroxyl groups is 1. The van der Waals surface area contributed by atoms with Gasteiger partial charge >= 0.3 is 0 Å². The molecule has 0 amide bonds. The normalized spacial score (nSPS) is 10.1. The summed E-state index contributed by atoms with van der Waals surface area (Å²) >= 11 is 0. The van der Waals surface area contributed by atoms with Crippen LogP contribution in [0.15, 0.2) is 42.5 Å². The number of aromatic nitrogens is 1. The van der Waals surface area contributed by atoms with Crippen molar-refractivity contribution < 1.29 is 9.84 Å². The van der Waals surface area contributed by atoms with Crippen molar-refractivity contribution in [2.75, 3.05) is 12.0 Å². The van der Waals surface area contributed by atoms with E-state index >= 15 is 0 Å². The van der Waals surface area contributed by atoms with Gasteiger partial charge in [-0.2, -0.15) is 4.98 Å². The van der Waals surface area contributed by atoms with E-state index in [-0.39, 0.29) is 6.61 Å². The van der Waals surface area contributed by atoms with Crippen LogP contribution in [-0.2, 0) is 6.42 Å². The van der Waals surface area contributed by atoms with Crippen LogP contribution in [0.5, 0.6) is 11.6 Å². The molecule has 0 unspecified atom stereocenters. The van der Waals surface area contributed by atoms with Gasteiger partial charge in [-0.05, 0) is 30.2 Å². The first kappa shape index (κ1) is 12.3. The summed E-state index contributed by atoms with van der Waals surface area (Å²) in [5, 5.41) is 8.82. The zero-order valence-corrected chi connectivity index (χ0v) is 9.84. The van der Waals surface area contributed by atoms with Crippen LogP contribution in [0.4, 0.5) is 5.82 Å². The third-order valence-electron chi connectivity index (χ3n) is 2.42. The van der Waals surface area contributed by atoms with E-state index in [0.29, 0.717) is 23.9 Å². The molecule has 1 aromatic heterocycles. The van der Waals surface area contributed by atoms with E-state index in [2.05, 4.69) is 10.4 Å². The molecule has 0 spiro atoms. The number of hydrogen-bond donors (Lipinski definition) is 3. The number of hydrogen-bond acceptors (Lipinski definition) is 5. The number of benzene rings is 1. The Bertz CT molecular complexity index is 500. The lowest BCUT2D eigenvalue weighted by Gasteiger charge is -2.07. The Balaban J connectivity index is 2.08. The van der Waals surface area contributed by atoms with Crippen molar-refractivity contribution in [1.82, 2.24) is 4.98 Å². The zero-order valence-electron chi connectivity index (χ0n) is 9.84. The Morgan fingerprint density at radius 1 is 1.17 bits per heavy atom. The second-order valence-corrected chi connectivity index (χ2v) is 3.73. The molecular weight excluding hydrogens is 230 g/mol. The van der Waals surface area contributed by atoms with E-state index in [1.807, 2.05) is 24.3 Å². The van der Waals surface area contributed by atoms with Crippen molar-refractivity contribution in [2.45, 2.75) is 6.42 Å². The molecule has 4 N–H and O–H groups in total. The minimum Gasteiger partial charge on any atom is -0.439 e. The largest absolute Gasteiger partial charge is 0.439 e. The molecule has 2 rings (SSSR count). The van der Waals surface area contributed by atoms with E-state index in [1.54, 1.807) is 18.2 Å². The Hall–Kier alpha value is -2.11. The minimum absolute atomic E-state index is 0.145. The van der Waals surface area contributed by atoms with Crippen molar-refractivity contribution in [1.29, 1.82) is 0 Å². The van der Waals surface area contributed by atoms with Gasteiger partial charge < -0.3 is 15.3 Å². The summed E-state index contributed by atoms with van der Waals surface area (Å²) in [7, 11) is 0. The first-order valence-electron chi connectivity index (χ1n) is 5.63. The average Bonchev–Trinajstić information content (AvgIpc) is 2.42. The van der Waals surface area contributed by atoms with E-state index in [1.165, 1.54) is 0 Å². The molecular formula is C13H15N3O2. The molecule has 0 saturated heterocycles. The maximum absolute atomic E-state index is 8.82. The number of aliphatic hydroxyl groups excluding tert-OH is 1. The van der Waals surface area contributed by atoms with Crippen molar-refractivity contribution in [3.63, 3.8) is 0 Å². The highest BCUT2D eigenvalue weighted by molar-refractivity contribution is 5.37. The Morgan fingerprint density at radius 2 is 1.94 bits per heavy atom. The Kier molecular flexibility index (Phi) is 4.11. The summed E-state index contributed by atoms with van der Waals surface area (Å²) in [6.07, 6.45) is 0.644. The molecule has 0 fully saturated rings. The number of anilines is 1. The van der Waals surface area contributed by atoms with Crippen LogP contribution in [-0.4, -0.2) is 16.7 Å². The van der Waals surface area contributed by atoms with Gasteiger partial charge in [0.15, 0.2) is 0 Å². The lowest BCUT2D eigenvalue weighted by Crippen LogP contribution is -2.08. The first-order chi connectivity index (χ1) is 8.81. The van der Waals surface area contributed by atoms with Crippen LogP contribution in [0, 0.1) is 0 Å². The van der Waals surface area contributed by atoms with Crippen LogP contribution in [0.25, 0.3) is 0 Å². The molecule has 0 aliphatic heterocycles. The first-order valence-corrected chi connectivity index (χ1v) is 5.63. The molecule has 0 aliphatic rings. The lowest BCUT2D eigenvalue weighted by molar-refractivity contribution is 0.299. The van der Waals surface area contributed by atoms with Gasteiger partial charge in [0, 0.05) is 12.7 Å². The maximum atomic E-state index is 8.82. The number of nitrogens with two attached hydrogens (primary N) is 1. The third-order valence-corrected chi connectivity index (χ3v) is 2.42. The van der Waals surface area contributed by atoms with Gasteiger partial charge in [-0.1, -0.05) is 18.2 Å². The highest BCUT2D eigenvalue weighted by Gasteiger charge is 2.00. The molecule has 0 radical (unpaired) electrons. The number of hydrazine groups is 1. The van der Waals surface area contributed by atoms with Crippen LogP contribution < -0.4 is 16.0 Å². The molecule has 0 aliphatic carbocycles. The van der Waals surface area contributed by atoms with Gasteiger partial charge in [0.25, 0.3) is 0 Å². The summed E-state index contributed by atoms with van der Waals surface area (Å²) in [5.41, 5.74) is 3.53. The predicted molar refractivity (Wildman–Crippen MR) is 69.4 cm³/mol. The second-order valence-electron chi connectivity index (χ2n) is 3.73. The molecule has 5 nitrogen and oxygen atoms in total. The molecule has 0 bridgehead atoms. The smallest absolute Gasteiger partial charge is 0.221 e. The highest BCUT2D eigenvalue weighted by Crippen LogP contribution is 2.21. The highest BCUT2D eigenvalue weighted by atomic mass is 16.5. The number of rotatable bonds is 5. The molecule has 0 saturated carbocycles. The number of nitrogen functional groups attached to an aromatic ring is 1. The minimum atomic E-state index is 0.145. The molecule has 94 valence electrons. The topological polar surface area (TPSA) is 80.4 Å². The maximum Gasteiger partial charge on any atom is 0.221 e. The van der Waals surface area contributed by atoms with Crippen LogP contribution in [0.1, 0.15) is 5.56 Å². The molecule has 0 atom stereocenters. The summed E-state index contributed by atoms with van der Waals surface area (Å²) in [4.78, 5) is 4.15. The fourth-order valence-electron chi connectivity index (χ4n) is 1.53. The fraction of sp³-hybridized carbons (Fsp3) is 0.154. The van der Waals surface area contributed by atoms with Gasteiger partial charge in [-0.15, -0.1) is 0 Å². The van der Waals surface area contributed by atoms with Crippen LogP contribution in [0.3, 0.4) is 0 Å². The summed E-state index contributed by atoms with van der Waals surface area (Å²) < 4.78 is 5.58. The molecule has 5 heteroatoms. The Labute approximate surface area is 105 Å². The van der Waals surface area contributed by atoms with Gasteiger partial charge in [0.2, 0.25) is 5.88 Å². The van der Waals surface area contributed by atoms with Crippen molar-refractivity contribution in [3.8, 4) is 11.6 Å². The van der Waals surface area contributed by atoms with Crippen LogP contribution in [0.2, 0.25) is 0 Å². The lowest BCUT2D eigenvalue weighted by atomic mass is 10.1. The SMILES string of the molecule is NNc1cccc(Oc2ccc(CCO)cc2)n1. The molecule has 2 aromatic rings. The summed E-state index contributed by atoms with van der Waals surface area (Å²) in [6.45, 7) is 0.145. The van der Waals surface area contributed by atoms with Gasteiger partial charge in [-0.25, -0.2) is 5.84 Å². The summed E-state index contributed by atoms with van der Waals surface area (Å²) in [6, 6.07) is 12.8. The van der Waals surface area contributed by atoms with Crippen molar-refractivity contribution in [2.24, 2.45) is 5.84 Å². The Morgan fingerprint density at radius 3 is 2.61 bits per heavy atom. The zero-order chi connectivity index (χ0) is 12.8. The summed E-state index contributed by atoms with van der Waals surface area (Å²) in [5.74, 6) is 6.98. The van der Waals surface area contributed by atoms with Crippen molar-refractivity contribution >= 4 is 5.82 Å². The third kappa shape index (κ3) is 3.19. The standard InChI is InChI=1S/C13H15N3O2/c14-16-12-2-1-3-13(15-12)18-11-6-4-10(5-7-11)8-9-17/h1-7,17H,8-9,14H2,(H,15,16). The number of ether oxygens (including phenoxy) is 1. The van der Waals surface area contributed by atoms with Crippen molar-refractivity contribution in [3.05, 3.63) is 48.0 Å². The van der Waals surface area contributed by atoms with Gasteiger partial charge in [-0.3, -0.25) is 0 Å². The quantitative estimate of drug-likeness (QED) is 0.552. The van der Waals surface area contributed by atoms with Crippen LogP contribution >= 0.6 is 0 Å². The molecule has 1 heterocycles. The number of pyridine rings is 1. The monoisotopic (exact) mass is 245 g/mol. The van der Waals surface area contributed by atoms with E-state index in [0.717, 1.165) is 5.56 Å². The second kappa shape index (κ2) is 6.00. The van der Waals surface area contributed by atoms with Gasteiger partial charge in [0.1, 0.15) is 11.6 Å². The number of nitrogens with zero attached hydrogens (tertiary/aromatic N) is 1. The average molecular weight is 245 g/mol. The van der Waals surface area contributed by atoms with E-state index in [9.17, 15) is 0 Å². The van der Waals surface area contributed by atoms with E-state index in [4.69, 9.17) is 15.7 Å². The molecule has 18 heavy (non-hydrogen) atoms. The van der Waals surface area contributed by atoms with Gasteiger partial charge in [0.05, 0.1) is 0 Å².